The van der Waals surface area contributed by atoms with Gasteiger partial charge >= 0.3 is 0 Å². The zero-order valence-corrected chi connectivity index (χ0v) is 20.2. The second-order valence-corrected chi connectivity index (χ2v) is 11.0. The molecule has 3 aromatic rings. The van der Waals surface area contributed by atoms with Gasteiger partial charge in [-0.15, -0.1) is 11.3 Å². The first kappa shape index (κ1) is 22.6. The predicted octanol–water partition coefficient (Wildman–Crippen LogP) is 4.88. The van der Waals surface area contributed by atoms with E-state index >= 15 is 0 Å². The number of nitrogens with zero attached hydrogens (tertiary/aromatic N) is 3. The molecule has 0 unspecified atom stereocenters. The van der Waals surface area contributed by atoms with Gasteiger partial charge in [0.1, 0.15) is 0 Å². The molecule has 6 nitrogen and oxygen atoms in total. The molecule has 168 valence electrons. The fourth-order valence-electron chi connectivity index (χ4n) is 3.86. The number of piperidine rings is 1. The Morgan fingerprint density at radius 3 is 2.41 bits per heavy atom. The van der Waals surface area contributed by atoms with Crippen LogP contribution < -0.4 is 4.90 Å². The van der Waals surface area contributed by atoms with Crippen molar-refractivity contribution in [2.24, 2.45) is 0 Å². The molecule has 1 aliphatic rings. The van der Waals surface area contributed by atoms with Crippen LogP contribution in [0.15, 0.2) is 52.7 Å². The van der Waals surface area contributed by atoms with Crippen molar-refractivity contribution in [2.45, 2.75) is 38.0 Å². The van der Waals surface area contributed by atoms with E-state index in [-0.39, 0.29) is 10.8 Å². The van der Waals surface area contributed by atoms with Crippen molar-refractivity contribution in [1.29, 1.82) is 0 Å². The fourth-order valence-corrected chi connectivity index (χ4v) is 6.16. The van der Waals surface area contributed by atoms with E-state index in [1.807, 2.05) is 19.2 Å². The van der Waals surface area contributed by atoms with E-state index in [0.29, 0.717) is 23.8 Å². The van der Waals surface area contributed by atoms with Crippen LogP contribution in [0, 0.1) is 13.8 Å². The Bertz CT molecular complexity index is 1230. The Morgan fingerprint density at radius 1 is 1.03 bits per heavy atom. The average Bonchev–Trinajstić information content (AvgIpc) is 3.30. The van der Waals surface area contributed by atoms with E-state index < -0.39 is 10.0 Å². The highest BCUT2D eigenvalue weighted by Crippen LogP contribution is 2.30. The van der Waals surface area contributed by atoms with Gasteiger partial charge in [0.15, 0.2) is 5.13 Å². The molecule has 8 heteroatoms. The van der Waals surface area contributed by atoms with Gasteiger partial charge in [-0.25, -0.2) is 13.4 Å². The third-order valence-corrected chi connectivity index (χ3v) is 8.64. The summed E-state index contributed by atoms with van der Waals surface area (Å²) in [5.41, 5.74) is 4.61. The van der Waals surface area contributed by atoms with Gasteiger partial charge in [0.25, 0.3) is 5.91 Å². The lowest BCUT2D eigenvalue weighted by Gasteiger charge is -2.25. The van der Waals surface area contributed by atoms with Crippen LogP contribution in [-0.2, 0) is 10.0 Å². The summed E-state index contributed by atoms with van der Waals surface area (Å²) >= 11 is 1.41. The average molecular weight is 470 g/mol. The van der Waals surface area contributed by atoms with Crippen LogP contribution in [0.1, 0.15) is 40.7 Å². The first-order valence-corrected chi connectivity index (χ1v) is 13.0. The number of carbonyl (C=O) groups is 1. The molecule has 1 amide bonds. The van der Waals surface area contributed by atoms with Crippen LogP contribution in [0.3, 0.4) is 0 Å². The normalized spacial score (nSPS) is 15.0. The topological polar surface area (TPSA) is 70.6 Å². The van der Waals surface area contributed by atoms with Gasteiger partial charge in [-0.05, 0) is 62.6 Å². The van der Waals surface area contributed by atoms with Crippen molar-refractivity contribution >= 4 is 32.4 Å². The number of thiazole rings is 1. The number of aromatic nitrogens is 1. The number of amides is 1. The molecular weight excluding hydrogens is 442 g/mol. The maximum absolute atomic E-state index is 13.0. The number of anilines is 1. The summed E-state index contributed by atoms with van der Waals surface area (Å²) in [5.74, 6) is -0.228. The summed E-state index contributed by atoms with van der Waals surface area (Å²) < 4.78 is 27.2. The summed E-state index contributed by atoms with van der Waals surface area (Å²) in [7, 11) is -1.83. The predicted molar refractivity (Wildman–Crippen MR) is 129 cm³/mol. The molecule has 0 N–H and O–H groups in total. The number of carbonyl (C=O) groups excluding carboxylic acids is 1. The summed E-state index contributed by atoms with van der Waals surface area (Å²) in [6.45, 7) is 5.19. The summed E-state index contributed by atoms with van der Waals surface area (Å²) in [4.78, 5) is 19.4. The van der Waals surface area contributed by atoms with Crippen molar-refractivity contribution in [3.63, 3.8) is 0 Å². The standard InChI is InChI=1S/C24H27N3O3S2/c1-17-7-8-18(2)21(15-17)22-16-31-24(25-22)26(3)23(28)19-9-11-20(12-10-19)32(29,30)27-13-5-4-6-14-27/h7-12,15-16H,4-6,13-14H2,1-3H3. The van der Waals surface area contributed by atoms with E-state index in [0.717, 1.165) is 41.6 Å². The smallest absolute Gasteiger partial charge is 0.259 e. The molecule has 2 heterocycles. The number of rotatable bonds is 5. The van der Waals surface area contributed by atoms with Crippen molar-refractivity contribution in [1.82, 2.24) is 9.29 Å². The largest absolute Gasteiger partial charge is 0.287 e. The second-order valence-electron chi connectivity index (χ2n) is 8.19. The number of hydrogen-bond acceptors (Lipinski definition) is 5. The van der Waals surface area contributed by atoms with Gasteiger partial charge < -0.3 is 0 Å². The Morgan fingerprint density at radius 2 is 1.72 bits per heavy atom. The van der Waals surface area contributed by atoms with Crippen molar-refractivity contribution in [3.8, 4) is 11.3 Å². The van der Waals surface area contributed by atoms with Gasteiger partial charge in [0.05, 0.1) is 10.6 Å². The maximum Gasteiger partial charge on any atom is 0.259 e. The van der Waals surface area contributed by atoms with Crippen molar-refractivity contribution < 1.29 is 13.2 Å². The van der Waals surface area contributed by atoms with Gasteiger partial charge in [-0.3, -0.25) is 9.69 Å². The second kappa shape index (κ2) is 9.13. The molecule has 0 atom stereocenters. The molecule has 1 saturated heterocycles. The molecule has 1 aliphatic heterocycles. The Labute approximate surface area is 193 Å². The van der Waals surface area contributed by atoms with E-state index in [9.17, 15) is 13.2 Å². The number of sulfonamides is 1. The molecule has 1 fully saturated rings. The summed E-state index contributed by atoms with van der Waals surface area (Å²) in [5, 5.41) is 2.55. The molecule has 2 aromatic carbocycles. The van der Waals surface area contributed by atoms with Gasteiger partial charge in [0.2, 0.25) is 10.0 Å². The van der Waals surface area contributed by atoms with Crippen LogP contribution in [0.4, 0.5) is 5.13 Å². The Hall–Kier alpha value is -2.55. The molecule has 0 saturated carbocycles. The van der Waals surface area contributed by atoms with Crippen LogP contribution >= 0.6 is 11.3 Å². The number of aryl methyl sites for hydroxylation is 2. The van der Waals surface area contributed by atoms with Crippen molar-refractivity contribution in [2.75, 3.05) is 25.0 Å². The lowest BCUT2D eigenvalue weighted by atomic mass is 10.0. The molecule has 1 aromatic heterocycles. The molecule has 4 rings (SSSR count). The molecule has 0 radical (unpaired) electrons. The Kier molecular flexibility index (Phi) is 6.46. The van der Waals surface area contributed by atoms with Crippen LogP contribution in [-0.4, -0.2) is 43.8 Å². The molecule has 0 bridgehead atoms. The van der Waals surface area contributed by atoms with Crippen LogP contribution in [0.5, 0.6) is 0 Å². The zero-order valence-electron chi connectivity index (χ0n) is 18.5. The minimum absolute atomic E-state index is 0.227. The Balaban J connectivity index is 1.52. The SMILES string of the molecule is Cc1ccc(C)c(-c2csc(N(C)C(=O)c3ccc(S(=O)(=O)N4CCCCC4)cc3)n2)c1. The van der Waals surface area contributed by atoms with Crippen molar-refractivity contribution in [3.05, 3.63) is 64.5 Å². The highest BCUT2D eigenvalue weighted by atomic mass is 32.2. The monoisotopic (exact) mass is 469 g/mol. The minimum atomic E-state index is -3.51. The zero-order chi connectivity index (χ0) is 22.9. The lowest BCUT2D eigenvalue weighted by molar-refractivity contribution is 0.0993. The molecule has 32 heavy (non-hydrogen) atoms. The maximum atomic E-state index is 13.0. The van der Waals surface area contributed by atoms with Gasteiger partial charge in [0, 0.05) is 36.6 Å². The van der Waals surface area contributed by atoms with E-state index in [2.05, 4.69) is 23.2 Å². The molecular formula is C24H27N3O3S2. The van der Waals surface area contributed by atoms with Gasteiger partial charge in [-0.2, -0.15) is 4.31 Å². The number of benzene rings is 2. The fraction of sp³-hybridized carbons (Fsp3) is 0.333. The third-order valence-electron chi connectivity index (χ3n) is 5.81. The first-order valence-electron chi connectivity index (χ1n) is 10.7. The third kappa shape index (κ3) is 4.48. The van der Waals surface area contributed by atoms with E-state index in [1.54, 1.807) is 19.2 Å². The van der Waals surface area contributed by atoms with Gasteiger partial charge in [-0.1, -0.05) is 24.1 Å². The van der Waals surface area contributed by atoms with Crippen LogP contribution in [0.25, 0.3) is 11.3 Å². The lowest BCUT2D eigenvalue weighted by Crippen LogP contribution is -2.35. The quantitative estimate of drug-likeness (QED) is 0.534. The first-order chi connectivity index (χ1) is 15.3. The summed E-state index contributed by atoms with van der Waals surface area (Å²) in [6, 6.07) is 12.4. The van der Waals surface area contributed by atoms with Crippen LogP contribution in [0.2, 0.25) is 0 Å². The molecule has 0 spiro atoms. The van der Waals surface area contributed by atoms with E-state index in [4.69, 9.17) is 0 Å². The highest BCUT2D eigenvalue weighted by molar-refractivity contribution is 7.89. The van der Waals surface area contributed by atoms with E-state index in [1.165, 1.54) is 32.7 Å². The summed E-state index contributed by atoms with van der Waals surface area (Å²) in [6.07, 6.45) is 2.84. The highest BCUT2D eigenvalue weighted by Gasteiger charge is 2.26. The molecule has 0 aliphatic carbocycles. The number of hydrogen-bond donors (Lipinski definition) is 0. The minimum Gasteiger partial charge on any atom is -0.287 e.